The topological polar surface area (TPSA) is 124 Å². The lowest BCUT2D eigenvalue weighted by atomic mass is 9.79. The molecule has 1 fully saturated rings. The van der Waals surface area contributed by atoms with Crippen molar-refractivity contribution in [1.29, 1.82) is 0 Å². The molecular formula is C35H31ClF2N4O5. The first-order valence-electron chi connectivity index (χ1n) is 14.9. The summed E-state index contributed by atoms with van der Waals surface area (Å²) in [7, 11) is 3.10. The minimum Gasteiger partial charge on any atom is -0.497 e. The van der Waals surface area contributed by atoms with E-state index < -0.39 is 29.2 Å². The molecular weight excluding hydrogens is 630 g/mol. The highest BCUT2D eigenvalue weighted by Crippen LogP contribution is 2.51. The number of nitrogens with one attached hydrogen (secondary N) is 2. The normalized spacial score (nSPS) is 20.4. The van der Waals surface area contributed by atoms with Crippen LogP contribution in [0.15, 0.2) is 66.7 Å². The number of fused-ring (bicyclic) bond motifs is 2. The molecule has 2 aliphatic rings. The third kappa shape index (κ3) is 5.44. The largest absolute Gasteiger partial charge is 0.497 e. The van der Waals surface area contributed by atoms with E-state index in [0.29, 0.717) is 34.2 Å². The zero-order chi connectivity index (χ0) is 33.0. The van der Waals surface area contributed by atoms with E-state index in [-0.39, 0.29) is 41.4 Å². The van der Waals surface area contributed by atoms with Gasteiger partial charge in [-0.25, -0.2) is 13.8 Å². The predicted octanol–water partition coefficient (Wildman–Crippen LogP) is 6.07. The number of aromatic amines is 1. The van der Waals surface area contributed by atoms with Gasteiger partial charge in [-0.15, -0.1) is 0 Å². The van der Waals surface area contributed by atoms with Crippen LogP contribution >= 0.6 is 11.6 Å². The van der Waals surface area contributed by atoms with Crippen LogP contribution in [0.1, 0.15) is 40.2 Å². The van der Waals surface area contributed by atoms with Gasteiger partial charge in [0.2, 0.25) is 0 Å². The fraction of sp³-hybridized carbons (Fsp3) is 0.257. The molecule has 7 rings (SSSR count). The Labute approximate surface area is 273 Å². The van der Waals surface area contributed by atoms with Gasteiger partial charge in [0, 0.05) is 47.2 Å². The smallest absolute Gasteiger partial charge is 0.267 e. The summed E-state index contributed by atoms with van der Waals surface area (Å²) in [5, 5.41) is 3.51. The lowest BCUT2D eigenvalue weighted by Crippen LogP contribution is -2.34. The highest BCUT2D eigenvalue weighted by atomic mass is 35.5. The molecule has 12 heteroatoms. The second kappa shape index (κ2) is 11.8. The average molecular weight is 661 g/mol. The molecule has 1 saturated heterocycles. The molecule has 4 heterocycles. The molecule has 5 aromatic rings. The molecule has 0 saturated carbocycles. The molecule has 4 atom stereocenters. The van der Waals surface area contributed by atoms with E-state index in [2.05, 4.69) is 10.3 Å². The summed E-state index contributed by atoms with van der Waals surface area (Å²) >= 11 is 6.12. The number of hydrogen-bond acceptors (Lipinski definition) is 7. The fourth-order valence-corrected chi connectivity index (χ4v) is 6.48. The van der Waals surface area contributed by atoms with Crippen LogP contribution in [-0.4, -0.2) is 55.6 Å². The Morgan fingerprint density at radius 1 is 1.13 bits per heavy atom. The van der Waals surface area contributed by atoms with Crippen LogP contribution in [0.25, 0.3) is 22.2 Å². The van der Waals surface area contributed by atoms with Crippen molar-refractivity contribution in [3.8, 4) is 28.5 Å². The van der Waals surface area contributed by atoms with Gasteiger partial charge in [-0.3, -0.25) is 4.79 Å². The standard InChI is InChI=1S/C35H31ClF2N4O5/c1-35(32-33(39)47-32)16-46-31-22(35)13-27(42-30(31)19-11-23(36)25(38)14-24(19)37)21(17-7-5-4-6-8-17)15-40-34(43)28-12-20-26(41-28)9-18(44-2)10-29(20)45-3/h4-14,21,32-33,41H,15-16,39H2,1-3H3,(H,40,43)/t21-,32?,33?,35-/m0/s1. The van der Waals surface area contributed by atoms with Crippen LogP contribution in [0.3, 0.4) is 0 Å². The monoisotopic (exact) mass is 660 g/mol. The SMILES string of the molecule is COc1cc(OC)c2cc(C(=O)NC[C@@H](c3ccccc3)c3cc4c(c(-c5cc(Cl)c(F)cc5F)n3)OC[C@]4(C)C3OC3N)[nH]c2c1. The first-order chi connectivity index (χ1) is 22.6. The number of benzene rings is 3. The summed E-state index contributed by atoms with van der Waals surface area (Å²) in [4.78, 5) is 21.6. The van der Waals surface area contributed by atoms with E-state index in [1.54, 1.807) is 32.4 Å². The first-order valence-corrected chi connectivity index (χ1v) is 15.3. The number of nitrogens with zero attached hydrogens (tertiary/aromatic N) is 1. The zero-order valence-corrected chi connectivity index (χ0v) is 26.5. The predicted molar refractivity (Wildman–Crippen MR) is 172 cm³/mol. The van der Waals surface area contributed by atoms with E-state index in [0.717, 1.165) is 22.6 Å². The van der Waals surface area contributed by atoms with Gasteiger partial charge in [0.25, 0.3) is 5.91 Å². The number of aromatic nitrogens is 2. The maximum atomic E-state index is 15.4. The van der Waals surface area contributed by atoms with Crippen LogP contribution in [-0.2, 0) is 10.2 Å². The maximum Gasteiger partial charge on any atom is 0.267 e. The quantitative estimate of drug-likeness (QED) is 0.129. The second-order valence-electron chi connectivity index (χ2n) is 11.9. The van der Waals surface area contributed by atoms with Gasteiger partial charge in [-0.2, -0.15) is 0 Å². The summed E-state index contributed by atoms with van der Waals surface area (Å²) < 4.78 is 52.3. The molecule has 0 spiro atoms. The summed E-state index contributed by atoms with van der Waals surface area (Å²) in [6.07, 6.45) is -0.813. The number of methoxy groups -OCH3 is 2. The number of carbonyl (C=O) groups is 1. The lowest BCUT2D eigenvalue weighted by molar-refractivity contribution is 0.0948. The number of H-pyrrole nitrogens is 1. The number of halogens is 3. The molecule has 2 unspecified atom stereocenters. The Morgan fingerprint density at radius 3 is 2.60 bits per heavy atom. The zero-order valence-electron chi connectivity index (χ0n) is 25.7. The molecule has 242 valence electrons. The van der Waals surface area contributed by atoms with Gasteiger partial charge in [0.05, 0.1) is 35.9 Å². The Bertz CT molecular complexity index is 2020. The summed E-state index contributed by atoms with van der Waals surface area (Å²) in [6, 6.07) is 18.6. The first kappa shape index (κ1) is 30.9. The summed E-state index contributed by atoms with van der Waals surface area (Å²) in [5.74, 6) is -1.08. The van der Waals surface area contributed by atoms with Gasteiger partial charge >= 0.3 is 0 Å². The van der Waals surface area contributed by atoms with Crippen molar-refractivity contribution in [3.05, 3.63) is 106 Å². The van der Waals surface area contributed by atoms with E-state index >= 15 is 4.39 Å². The number of hydrogen-bond donors (Lipinski definition) is 3. The van der Waals surface area contributed by atoms with Crippen molar-refractivity contribution in [1.82, 2.24) is 15.3 Å². The molecule has 0 radical (unpaired) electrons. The minimum atomic E-state index is -0.887. The number of rotatable bonds is 9. The molecule has 2 aromatic heterocycles. The van der Waals surface area contributed by atoms with Gasteiger partial charge in [0.1, 0.15) is 59.2 Å². The van der Waals surface area contributed by atoms with Crippen LogP contribution in [0.5, 0.6) is 17.2 Å². The molecule has 0 bridgehead atoms. The number of amides is 1. The van der Waals surface area contributed by atoms with Crippen LogP contribution in [0.2, 0.25) is 5.02 Å². The van der Waals surface area contributed by atoms with Crippen LogP contribution in [0, 0.1) is 11.6 Å². The van der Waals surface area contributed by atoms with Crippen molar-refractivity contribution in [2.75, 3.05) is 27.4 Å². The van der Waals surface area contributed by atoms with Crippen molar-refractivity contribution < 1.29 is 32.5 Å². The van der Waals surface area contributed by atoms with Crippen molar-refractivity contribution in [3.63, 3.8) is 0 Å². The average Bonchev–Trinajstić information content (AvgIpc) is 3.51. The summed E-state index contributed by atoms with van der Waals surface area (Å²) in [6.45, 7) is 2.32. The third-order valence-electron chi connectivity index (χ3n) is 8.94. The summed E-state index contributed by atoms with van der Waals surface area (Å²) in [5.41, 5.74) is 8.69. The van der Waals surface area contributed by atoms with E-state index in [1.165, 1.54) is 6.07 Å². The number of nitrogens with two attached hydrogens (primary N) is 1. The Hall–Kier alpha value is -4.71. The molecule has 2 aliphatic heterocycles. The van der Waals surface area contributed by atoms with E-state index in [1.807, 2.05) is 43.3 Å². The second-order valence-corrected chi connectivity index (χ2v) is 12.3. The molecule has 0 aliphatic carbocycles. The van der Waals surface area contributed by atoms with Gasteiger partial charge < -0.3 is 35.0 Å². The lowest BCUT2D eigenvalue weighted by Gasteiger charge is -2.24. The number of ether oxygens (including phenoxy) is 4. The van der Waals surface area contributed by atoms with Crippen molar-refractivity contribution in [2.45, 2.75) is 30.6 Å². The Balaban J connectivity index is 1.31. The van der Waals surface area contributed by atoms with E-state index in [9.17, 15) is 9.18 Å². The van der Waals surface area contributed by atoms with Crippen LogP contribution in [0.4, 0.5) is 8.78 Å². The fourth-order valence-electron chi connectivity index (χ4n) is 6.32. The van der Waals surface area contributed by atoms with Gasteiger partial charge in [-0.05, 0) is 30.7 Å². The number of carbonyl (C=O) groups excluding carboxylic acids is 1. The number of epoxide rings is 1. The maximum absolute atomic E-state index is 15.4. The molecule has 4 N–H and O–H groups in total. The van der Waals surface area contributed by atoms with Gasteiger partial charge in [-0.1, -0.05) is 41.9 Å². The molecule has 9 nitrogen and oxygen atoms in total. The highest BCUT2D eigenvalue weighted by Gasteiger charge is 2.56. The molecule has 1 amide bonds. The van der Waals surface area contributed by atoms with E-state index in [4.69, 9.17) is 41.3 Å². The highest BCUT2D eigenvalue weighted by molar-refractivity contribution is 6.31. The minimum absolute atomic E-state index is 0.0157. The molecule has 3 aromatic carbocycles. The number of pyridine rings is 1. The molecule has 47 heavy (non-hydrogen) atoms. The Morgan fingerprint density at radius 2 is 1.89 bits per heavy atom. The van der Waals surface area contributed by atoms with Crippen molar-refractivity contribution >= 4 is 28.4 Å². The Kier molecular flexibility index (Phi) is 7.78. The van der Waals surface area contributed by atoms with Crippen molar-refractivity contribution in [2.24, 2.45) is 5.73 Å². The van der Waals surface area contributed by atoms with Gasteiger partial charge in [0.15, 0.2) is 0 Å². The van der Waals surface area contributed by atoms with Crippen LogP contribution < -0.4 is 25.3 Å². The third-order valence-corrected chi connectivity index (χ3v) is 9.23.